The summed E-state index contributed by atoms with van der Waals surface area (Å²) in [5.74, 6) is 0.599. The van der Waals surface area contributed by atoms with E-state index in [1.54, 1.807) is 7.11 Å². The van der Waals surface area contributed by atoms with Crippen LogP contribution in [0.3, 0.4) is 0 Å². The highest BCUT2D eigenvalue weighted by molar-refractivity contribution is 4.69. The number of nitrogens with one attached hydrogen (secondary N) is 1. The zero-order chi connectivity index (χ0) is 10.1. The molecule has 0 fully saturated rings. The van der Waals surface area contributed by atoms with Gasteiger partial charge in [0.25, 0.3) is 0 Å². The molecule has 1 atom stereocenters. The summed E-state index contributed by atoms with van der Waals surface area (Å²) in [7, 11) is 1.74. The number of rotatable bonds is 8. The van der Waals surface area contributed by atoms with Gasteiger partial charge in [-0.05, 0) is 12.8 Å². The van der Waals surface area contributed by atoms with E-state index in [1.165, 1.54) is 0 Å². The molecule has 0 aliphatic carbocycles. The molecule has 0 aromatic heterocycles. The molecule has 80 valence electrons. The van der Waals surface area contributed by atoms with Gasteiger partial charge in [-0.25, -0.2) is 0 Å². The lowest BCUT2D eigenvalue weighted by molar-refractivity contribution is 0.122. The van der Waals surface area contributed by atoms with Crippen LogP contribution in [0.4, 0.5) is 0 Å². The van der Waals surface area contributed by atoms with Crippen molar-refractivity contribution in [2.45, 2.75) is 26.8 Å². The van der Waals surface area contributed by atoms with E-state index >= 15 is 0 Å². The van der Waals surface area contributed by atoms with Crippen molar-refractivity contribution in [3.05, 3.63) is 0 Å². The average molecular weight is 189 g/mol. The zero-order valence-electron chi connectivity index (χ0n) is 9.30. The highest BCUT2D eigenvalue weighted by Crippen LogP contribution is 2.00. The molecular weight excluding hydrogens is 166 g/mol. The smallest absolute Gasteiger partial charge is 0.0618 e. The Hall–Kier alpha value is -0.120. The fourth-order valence-corrected chi connectivity index (χ4v) is 1.13. The molecule has 3 heteroatoms. The van der Waals surface area contributed by atoms with Gasteiger partial charge in [-0.1, -0.05) is 13.8 Å². The van der Waals surface area contributed by atoms with Gasteiger partial charge in [0.05, 0.1) is 13.2 Å². The molecule has 0 aliphatic rings. The van der Waals surface area contributed by atoms with Crippen molar-refractivity contribution >= 4 is 0 Å². The predicted molar refractivity (Wildman–Crippen MR) is 55.0 cm³/mol. The molecule has 0 aromatic carbocycles. The maximum absolute atomic E-state index is 5.24. The lowest BCUT2D eigenvalue weighted by atomic mass is 10.1. The molecule has 0 radical (unpaired) electrons. The Morgan fingerprint density at radius 1 is 1.31 bits per heavy atom. The van der Waals surface area contributed by atoms with E-state index < -0.39 is 0 Å². The van der Waals surface area contributed by atoms with Gasteiger partial charge in [0.15, 0.2) is 0 Å². The van der Waals surface area contributed by atoms with Crippen molar-refractivity contribution in [2.24, 2.45) is 5.92 Å². The third kappa shape index (κ3) is 6.99. The van der Waals surface area contributed by atoms with E-state index in [2.05, 4.69) is 19.2 Å². The predicted octanol–water partition coefficient (Wildman–Crippen LogP) is 1.28. The second-order valence-electron chi connectivity index (χ2n) is 3.46. The van der Waals surface area contributed by atoms with Crippen molar-refractivity contribution < 1.29 is 9.47 Å². The lowest BCUT2D eigenvalue weighted by Gasteiger charge is -2.21. The first-order valence-electron chi connectivity index (χ1n) is 5.02. The Kier molecular flexibility index (Phi) is 8.40. The summed E-state index contributed by atoms with van der Waals surface area (Å²) in [5, 5.41) is 3.40. The molecule has 0 aromatic rings. The van der Waals surface area contributed by atoms with Gasteiger partial charge in [0.2, 0.25) is 0 Å². The van der Waals surface area contributed by atoms with Gasteiger partial charge in [0, 0.05) is 26.3 Å². The summed E-state index contributed by atoms with van der Waals surface area (Å²) in [6.07, 6.45) is 0. The maximum atomic E-state index is 5.24. The normalized spacial score (nSPS) is 13.6. The largest absolute Gasteiger partial charge is 0.383 e. The van der Waals surface area contributed by atoms with Crippen LogP contribution in [0.2, 0.25) is 0 Å². The average Bonchev–Trinajstić information content (AvgIpc) is 2.10. The van der Waals surface area contributed by atoms with Gasteiger partial charge in [-0.3, -0.25) is 0 Å². The molecule has 3 nitrogen and oxygen atoms in total. The van der Waals surface area contributed by atoms with Gasteiger partial charge < -0.3 is 14.8 Å². The molecule has 0 rings (SSSR count). The number of methoxy groups -OCH3 is 1. The lowest BCUT2D eigenvalue weighted by Crippen LogP contribution is -2.39. The summed E-state index contributed by atoms with van der Waals surface area (Å²) < 4.78 is 10.4. The van der Waals surface area contributed by atoms with Gasteiger partial charge in [-0.15, -0.1) is 0 Å². The highest BCUT2D eigenvalue weighted by Gasteiger charge is 2.11. The Morgan fingerprint density at radius 3 is 2.46 bits per heavy atom. The Balaban J connectivity index is 3.45. The molecule has 0 saturated carbocycles. The number of ether oxygens (including phenoxy) is 2. The van der Waals surface area contributed by atoms with E-state index in [-0.39, 0.29) is 0 Å². The van der Waals surface area contributed by atoms with E-state index in [0.717, 1.165) is 26.4 Å². The molecule has 0 heterocycles. The molecule has 13 heavy (non-hydrogen) atoms. The first-order valence-corrected chi connectivity index (χ1v) is 5.02. The molecule has 0 amide bonds. The van der Waals surface area contributed by atoms with Crippen molar-refractivity contribution in [1.29, 1.82) is 0 Å². The van der Waals surface area contributed by atoms with E-state index in [1.807, 2.05) is 6.92 Å². The van der Waals surface area contributed by atoms with Crippen LogP contribution in [-0.4, -0.2) is 39.5 Å². The molecule has 1 N–H and O–H groups in total. The SMILES string of the molecule is CCOCCNC(COC)C(C)C. The van der Waals surface area contributed by atoms with Crippen LogP contribution >= 0.6 is 0 Å². The minimum Gasteiger partial charge on any atom is -0.383 e. The summed E-state index contributed by atoms with van der Waals surface area (Å²) >= 11 is 0. The summed E-state index contributed by atoms with van der Waals surface area (Å²) in [5.41, 5.74) is 0. The third-order valence-electron chi connectivity index (χ3n) is 2.01. The Morgan fingerprint density at radius 2 is 2.00 bits per heavy atom. The summed E-state index contributed by atoms with van der Waals surface area (Å²) in [4.78, 5) is 0. The first kappa shape index (κ1) is 12.9. The Bertz CT molecular complexity index is 107. The van der Waals surface area contributed by atoms with Crippen LogP contribution in [0.5, 0.6) is 0 Å². The van der Waals surface area contributed by atoms with Gasteiger partial charge in [0.1, 0.15) is 0 Å². The number of hydrogen-bond acceptors (Lipinski definition) is 3. The van der Waals surface area contributed by atoms with Gasteiger partial charge >= 0.3 is 0 Å². The number of hydrogen-bond donors (Lipinski definition) is 1. The first-order chi connectivity index (χ1) is 6.22. The minimum absolute atomic E-state index is 0.436. The second kappa shape index (κ2) is 8.48. The van der Waals surface area contributed by atoms with E-state index in [9.17, 15) is 0 Å². The zero-order valence-corrected chi connectivity index (χ0v) is 9.30. The van der Waals surface area contributed by atoms with Crippen molar-refractivity contribution in [2.75, 3.05) is 33.5 Å². The van der Waals surface area contributed by atoms with Crippen LogP contribution in [-0.2, 0) is 9.47 Å². The maximum Gasteiger partial charge on any atom is 0.0618 e. The van der Waals surface area contributed by atoms with Crippen LogP contribution in [0.1, 0.15) is 20.8 Å². The van der Waals surface area contributed by atoms with Crippen LogP contribution in [0.25, 0.3) is 0 Å². The molecular formula is C10H23NO2. The van der Waals surface area contributed by atoms with Crippen LogP contribution in [0.15, 0.2) is 0 Å². The van der Waals surface area contributed by atoms with Crippen molar-refractivity contribution in [3.8, 4) is 0 Å². The monoisotopic (exact) mass is 189 g/mol. The topological polar surface area (TPSA) is 30.5 Å². The van der Waals surface area contributed by atoms with Gasteiger partial charge in [-0.2, -0.15) is 0 Å². The summed E-state index contributed by atoms with van der Waals surface area (Å²) in [6.45, 7) is 9.63. The molecule has 0 saturated heterocycles. The summed E-state index contributed by atoms with van der Waals surface area (Å²) in [6, 6.07) is 0.436. The second-order valence-corrected chi connectivity index (χ2v) is 3.46. The quantitative estimate of drug-likeness (QED) is 0.584. The molecule has 0 aliphatic heterocycles. The molecule has 1 unspecified atom stereocenters. The van der Waals surface area contributed by atoms with Crippen molar-refractivity contribution in [3.63, 3.8) is 0 Å². The van der Waals surface area contributed by atoms with Crippen LogP contribution in [0, 0.1) is 5.92 Å². The third-order valence-corrected chi connectivity index (χ3v) is 2.01. The highest BCUT2D eigenvalue weighted by atomic mass is 16.5. The van der Waals surface area contributed by atoms with Crippen LogP contribution < -0.4 is 5.32 Å². The van der Waals surface area contributed by atoms with E-state index in [4.69, 9.17) is 9.47 Å². The standard InChI is InChI=1S/C10H23NO2/c1-5-13-7-6-11-10(8-12-4)9(2)3/h9-11H,5-8H2,1-4H3. The molecule has 0 spiro atoms. The fraction of sp³-hybridized carbons (Fsp3) is 1.00. The van der Waals surface area contributed by atoms with Crippen molar-refractivity contribution in [1.82, 2.24) is 5.32 Å². The minimum atomic E-state index is 0.436. The Labute approximate surface area is 81.8 Å². The molecule has 0 bridgehead atoms. The fourth-order valence-electron chi connectivity index (χ4n) is 1.13. The van der Waals surface area contributed by atoms with E-state index in [0.29, 0.717) is 12.0 Å².